The molecule has 108 valence electrons. The molecule has 2 saturated heterocycles. The standard InChI is InChI=1S/C13H23N3O3/c1-2-12(17)15-3-5-16(6-4-15)13(18)11-14-7-9-19-10-8-14/h2-11H2,1H3. The highest BCUT2D eigenvalue weighted by molar-refractivity contribution is 5.79. The monoisotopic (exact) mass is 269 g/mol. The van der Waals surface area contributed by atoms with E-state index in [0.717, 1.165) is 13.1 Å². The highest BCUT2D eigenvalue weighted by Gasteiger charge is 2.24. The first-order valence-electron chi connectivity index (χ1n) is 7.06. The summed E-state index contributed by atoms with van der Waals surface area (Å²) in [6.07, 6.45) is 0.543. The fourth-order valence-corrected chi connectivity index (χ4v) is 2.48. The van der Waals surface area contributed by atoms with Crippen LogP contribution in [0.1, 0.15) is 13.3 Å². The second-order valence-electron chi connectivity index (χ2n) is 5.00. The van der Waals surface area contributed by atoms with Crippen LogP contribution >= 0.6 is 0 Å². The molecule has 0 aromatic carbocycles. The molecule has 2 rings (SSSR count). The zero-order valence-corrected chi connectivity index (χ0v) is 11.6. The molecule has 2 fully saturated rings. The third-order valence-corrected chi connectivity index (χ3v) is 3.75. The molecule has 0 bridgehead atoms. The van der Waals surface area contributed by atoms with E-state index in [4.69, 9.17) is 4.74 Å². The molecule has 0 radical (unpaired) electrons. The van der Waals surface area contributed by atoms with Crippen LogP contribution in [0.25, 0.3) is 0 Å². The Balaban J connectivity index is 1.74. The largest absolute Gasteiger partial charge is 0.379 e. The second kappa shape index (κ2) is 6.86. The summed E-state index contributed by atoms with van der Waals surface area (Å²) in [5.74, 6) is 0.353. The number of rotatable bonds is 3. The van der Waals surface area contributed by atoms with Gasteiger partial charge in [-0.15, -0.1) is 0 Å². The minimum absolute atomic E-state index is 0.172. The Labute approximate surface area is 114 Å². The predicted octanol–water partition coefficient (Wildman–Crippen LogP) is -0.601. The number of amides is 2. The number of nitrogens with zero attached hydrogens (tertiary/aromatic N) is 3. The van der Waals surface area contributed by atoms with Gasteiger partial charge in [0.15, 0.2) is 0 Å². The number of hydrogen-bond acceptors (Lipinski definition) is 4. The molecule has 6 heteroatoms. The van der Waals surface area contributed by atoms with Crippen molar-refractivity contribution in [2.45, 2.75) is 13.3 Å². The van der Waals surface area contributed by atoms with E-state index in [1.54, 1.807) is 0 Å². The van der Waals surface area contributed by atoms with Crippen molar-refractivity contribution >= 4 is 11.8 Å². The van der Waals surface area contributed by atoms with Gasteiger partial charge >= 0.3 is 0 Å². The van der Waals surface area contributed by atoms with Gasteiger partial charge in [0.1, 0.15) is 0 Å². The summed E-state index contributed by atoms with van der Waals surface area (Å²) in [4.78, 5) is 29.6. The van der Waals surface area contributed by atoms with Gasteiger partial charge in [0.05, 0.1) is 19.8 Å². The van der Waals surface area contributed by atoms with Crippen LogP contribution in [-0.2, 0) is 14.3 Å². The number of ether oxygens (including phenoxy) is 1. The first-order chi connectivity index (χ1) is 9.20. The summed E-state index contributed by atoms with van der Waals surface area (Å²) in [5.41, 5.74) is 0. The van der Waals surface area contributed by atoms with E-state index < -0.39 is 0 Å². The molecule has 6 nitrogen and oxygen atoms in total. The van der Waals surface area contributed by atoms with E-state index in [0.29, 0.717) is 52.4 Å². The van der Waals surface area contributed by atoms with E-state index in [1.165, 1.54) is 0 Å². The highest BCUT2D eigenvalue weighted by atomic mass is 16.5. The van der Waals surface area contributed by atoms with E-state index in [-0.39, 0.29) is 11.8 Å². The average Bonchev–Trinajstić information content (AvgIpc) is 2.47. The molecule has 0 unspecified atom stereocenters. The third kappa shape index (κ3) is 3.91. The van der Waals surface area contributed by atoms with Crippen LogP contribution in [0.4, 0.5) is 0 Å². The highest BCUT2D eigenvalue weighted by Crippen LogP contribution is 2.05. The van der Waals surface area contributed by atoms with Crippen molar-refractivity contribution in [2.24, 2.45) is 0 Å². The minimum atomic E-state index is 0.172. The van der Waals surface area contributed by atoms with Gasteiger partial charge in [0.25, 0.3) is 0 Å². The quantitative estimate of drug-likeness (QED) is 0.686. The Morgan fingerprint density at radius 1 is 0.895 bits per heavy atom. The summed E-state index contributed by atoms with van der Waals surface area (Å²) in [5, 5.41) is 0. The third-order valence-electron chi connectivity index (χ3n) is 3.75. The summed E-state index contributed by atoms with van der Waals surface area (Å²) in [6, 6.07) is 0. The van der Waals surface area contributed by atoms with Crippen LogP contribution in [0.3, 0.4) is 0 Å². The molecule has 0 aromatic rings. The molecule has 0 aliphatic carbocycles. The molecule has 0 spiro atoms. The van der Waals surface area contributed by atoms with Gasteiger partial charge in [-0.25, -0.2) is 0 Å². The van der Waals surface area contributed by atoms with Crippen molar-refractivity contribution in [1.29, 1.82) is 0 Å². The molecular formula is C13H23N3O3. The van der Waals surface area contributed by atoms with E-state index >= 15 is 0 Å². The van der Waals surface area contributed by atoms with Crippen LogP contribution < -0.4 is 0 Å². The molecule has 2 aliphatic rings. The van der Waals surface area contributed by atoms with E-state index in [2.05, 4.69) is 4.90 Å². The maximum atomic E-state index is 12.2. The maximum absolute atomic E-state index is 12.2. The van der Waals surface area contributed by atoms with Crippen LogP contribution in [0, 0.1) is 0 Å². The van der Waals surface area contributed by atoms with Crippen LogP contribution in [0.2, 0.25) is 0 Å². The summed E-state index contributed by atoms with van der Waals surface area (Å²) < 4.78 is 5.27. The lowest BCUT2D eigenvalue weighted by Gasteiger charge is -2.36. The predicted molar refractivity (Wildman–Crippen MR) is 70.7 cm³/mol. The molecular weight excluding hydrogens is 246 g/mol. The van der Waals surface area contributed by atoms with Gasteiger partial charge in [-0.1, -0.05) is 6.92 Å². The first-order valence-corrected chi connectivity index (χ1v) is 7.06. The van der Waals surface area contributed by atoms with Crippen LogP contribution in [-0.4, -0.2) is 85.5 Å². The molecule has 0 atom stereocenters. The first kappa shape index (κ1) is 14.3. The Morgan fingerprint density at radius 3 is 1.95 bits per heavy atom. The lowest BCUT2D eigenvalue weighted by molar-refractivity contribution is -0.140. The fraction of sp³-hybridized carbons (Fsp3) is 0.846. The van der Waals surface area contributed by atoms with Crippen LogP contribution in [0.15, 0.2) is 0 Å². The van der Waals surface area contributed by atoms with Crippen molar-refractivity contribution in [3.63, 3.8) is 0 Å². The minimum Gasteiger partial charge on any atom is -0.379 e. The Bertz CT molecular complexity index is 321. The Morgan fingerprint density at radius 2 is 1.42 bits per heavy atom. The van der Waals surface area contributed by atoms with Gasteiger partial charge in [0, 0.05) is 45.7 Å². The van der Waals surface area contributed by atoms with Crippen molar-refractivity contribution in [3.05, 3.63) is 0 Å². The zero-order chi connectivity index (χ0) is 13.7. The van der Waals surface area contributed by atoms with Gasteiger partial charge in [0.2, 0.25) is 11.8 Å². The molecule has 0 saturated carbocycles. The van der Waals surface area contributed by atoms with Crippen molar-refractivity contribution in [1.82, 2.24) is 14.7 Å². The lowest BCUT2D eigenvalue weighted by atomic mass is 10.2. The summed E-state index contributed by atoms with van der Waals surface area (Å²) >= 11 is 0. The SMILES string of the molecule is CCC(=O)N1CCN(C(=O)CN2CCOCC2)CC1. The van der Waals surface area contributed by atoms with E-state index in [9.17, 15) is 9.59 Å². The molecule has 2 amide bonds. The molecule has 0 aromatic heterocycles. The normalized spacial score (nSPS) is 21.5. The number of piperazine rings is 1. The van der Waals surface area contributed by atoms with Gasteiger partial charge in [-0.05, 0) is 0 Å². The number of carbonyl (C=O) groups is 2. The van der Waals surface area contributed by atoms with Crippen molar-refractivity contribution in [2.75, 3.05) is 59.0 Å². The number of carbonyl (C=O) groups excluding carboxylic acids is 2. The van der Waals surface area contributed by atoms with Gasteiger partial charge < -0.3 is 14.5 Å². The topological polar surface area (TPSA) is 53.1 Å². The molecule has 2 heterocycles. The molecule has 2 aliphatic heterocycles. The number of hydrogen-bond donors (Lipinski definition) is 0. The molecule has 19 heavy (non-hydrogen) atoms. The van der Waals surface area contributed by atoms with Gasteiger partial charge in [-0.2, -0.15) is 0 Å². The maximum Gasteiger partial charge on any atom is 0.236 e. The van der Waals surface area contributed by atoms with Crippen molar-refractivity contribution in [3.8, 4) is 0 Å². The zero-order valence-electron chi connectivity index (χ0n) is 11.6. The summed E-state index contributed by atoms with van der Waals surface area (Å²) in [7, 11) is 0. The van der Waals surface area contributed by atoms with Gasteiger partial charge in [-0.3, -0.25) is 14.5 Å². The number of morpholine rings is 1. The van der Waals surface area contributed by atoms with Crippen molar-refractivity contribution < 1.29 is 14.3 Å². The smallest absolute Gasteiger partial charge is 0.236 e. The fourth-order valence-electron chi connectivity index (χ4n) is 2.48. The second-order valence-corrected chi connectivity index (χ2v) is 5.00. The summed E-state index contributed by atoms with van der Waals surface area (Å²) in [6.45, 7) is 8.11. The average molecular weight is 269 g/mol. The van der Waals surface area contributed by atoms with Crippen LogP contribution in [0.5, 0.6) is 0 Å². The lowest BCUT2D eigenvalue weighted by Crippen LogP contribution is -2.53. The Hall–Kier alpha value is -1.14. The molecule has 0 N–H and O–H groups in total. The Kier molecular flexibility index (Phi) is 5.15. The van der Waals surface area contributed by atoms with E-state index in [1.807, 2.05) is 16.7 Å².